The summed E-state index contributed by atoms with van der Waals surface area (Å²) < 4.78 is 0. The lowest BCUT2D eigenvalue weighted by Gasteiger charge is -2.24. The van der Waals surface area contributed by atoms with Crippen LogP contribution < -0.4 is 4.90 Å². The van der Waals surface area contributed by atoms with Crippen molar-refractivity contribution in [2.45, 2.75) is 39.5 Å². The summed E-state index contributed by atoms with van der Waals surface area (Å²) in [7, 11) is 2.04. The lowest BCUT2D eigenvalue weighted by atomic mass is 9.86. The number of rotatable bonds is 3. The molecule has 0 heterocycles. The van der Waals surface area contributed by atoms with Gasteiger partial charge in [0, 0.05) is 19.3 Å². The van der Waals surface area contributed by atoms with Gasteiger partial charge in [-0.25, -0.2) is 0 Å². The molecule has 0 saturated carbocycles. The van der Waals surface area contributed by atoms with Crippen LogP contribution in [-0.2, 0) is 5.41 Å². The first-order valence-electron chi connectivity index (χ1n) is 6.05. The first-order valence-corrected chi connectivity index (χ1v) is 6.05. The van der Waals surface area contributed by atoms with E-state index in [0.717, 1.165) is 6.54 Å². The highest BCUT2D eigenvalue weighted by atomic mass is 15.1. The number of hydrogen-bond acceptors (Lipinski definition) is 2. The monoisotopic (exact) mass is 230 g/mol. The molecule has 92 valence electrons. The predicted molar refractivity (Wildman–Crippen MR) is 73.4 cm³/mol. The van der Waals surface area contributed by atoms with Crippen molar-refractivity contribution < 1.29 is 0 Å². The molecule has 0 fully saturated rings. The van der Waals surface area contributed by atoms with E-state index in [1.54, 1.807) is 0 Å². The third kappa shape index (κ3) is 3.49. The Balaban J connectivity index is 2.94. The van der Waals surface area contributed by atoms with E-state index in [1.807, 2.05) is 7.05 Å². The topological polar surface area (TPSA) is 27.0 Å². The van der Waals surface area contributed by atoms with Crippen molar-refractivity contribution >= 4 is 5.69 Å². The van der Waals surface area contributed by atoms with E-state index in [0.29, 0.717) is 6.42 Å². The van der Waals surface area contributed by atoms with Crippen molar-refractivity contribution in [2.24, 2.45) is 0 Å². The van der Waals surface area contributed by atoms with E-state index < -0.39 is 0 Å². The van der Waals surface area contributed by atoms with E-state index in [4.69, 9.17) is 5.26 Å². The van der Waals surface area contributed by atoms with E-state index in [9.17, 15) is 0 Å². The lowest BCUT2D eigenvalue weighted by Crippen LogP contribution is -2.20. The second-order valence-electron chi connectivity index (χ2n) is 5.58. The lowest BCUT2D eigenvalue weighted by molar-refractivity contribution is 0.589. The number of hydrogen-bond donors (Lipinski definition) is 0. The number of nitriles is 1. The molecule has 1 aromatic carbocycles. The summed E-state index contributed by atoms with van der Waals surface area (Å²) in [5, 5.41) is 8.61. The molecule has 0 atom stereocenters. The Kier molecular flexibility index (Phi) is 4.17. The largest absolute Gasteiger partial charge is 0.373 e. The molecular formula is C15H22N2. The first kappa shape index (κ1) is 13.6. The van der Waals surface area contributed by atoms with Crippen molar-refractivity contribution in [3.05, 3.63) is 29.3 Å². The minimum Gasteiger partial charge on any atom is -0.373 e. The van der Waals surface area contributed by atoms with Gasteiger partial charge in [0.1, 0.15) is 0 Å². The van der Waals surface area contributed by atoms with Crippen LogP contribution in [0.1, 0.15) is 38.3 Å². The molecule has 1 aromatic rings. The second-order valence-corrected chi connectivity index (χ2v) is 5.58. The number of aryl methyl sites for hydroxylation is 1. The van der Waals surface area contributed by atoms with E-state index >= 15 is 0 Å². The van der Waals surface area contributed by atoms with Gasteiger partial charge in [0.2, 0.25) is 0 Å². The van der Waals surface area contributed by atoms with Gasteiger partial charge < -0.3 is 4.90 Å². The average Bonchev–Trinajstić information content (AvgIpc) is 2.24. The number of nitrogens with zero attached hydrogens (tertiary/aromatic N) is 2. The van der Waals surface area contributed by atoms with Gasteiger partial charge in [-0.1, -0.05) is 32.9 Å². The molecule has 0 N–H and O–H groups in total. The fourth-order valence-corrected chi connectivity index (χ4v) is 1.89. The van der Waals surface area contributed by atoms with Gasteiger partial charge in [-0.15, -0.1) is 0 Å². The van der Waals surface area contributed by atoms with E-state index in [-0.39, 0.29) is 5.41 Å². The zero-order valence-corrected chi connectivity index (χ0v) is 11.5. The highest BCUT2D eigenvalue weighted by molar-refractivity contribution is 5.54. The summed E-state index contributed by atoms with van der Waals surface area (Å²) >= 11 is 0. The van der Waals surface area contributed by atoms with Crippen LogP contribution in [0.25, 0.3) is 0 Å². The molecule has 0 unspecified atom stereocenters. The maximum Gasteiger partial charge on any atom is 0.0640 e. The van der Waals surface area contributed by atoms with Crippen molar-refractivity contribution in [3.8, 4) is 6.07 Å². The van der Waals surface area contributed by atoms with Gasteiger partial charge in [0.15, 0.2) is 0 Å². The highest BCUT2D eigenvalue weighted by Crippen LogP contribution is 2.27. The number of anilines is 1. The smallest absolute Gasteiger partial charge is 0.0640 e. The van der Waals surface area contributed by atoms with Crippen molar-refractivity contribution in [1.29, 1.82) is 5.26 Å². The molecule has 0 aliphatic heterocycles. The molecule has 0 amide bonds. The summed E-state index contributed by atoms with van der Waals surface area (Å²) in [6.45, 7) is 9.59. The van der Waals surface area contributed by atoms with Crippen LogP contribution in [0.2, 0.25) is 0 Å². The summed E-state index contributed by atoms with van der Waals surface area (Å²) in [6.07, 6.45) is 0.566. The maximum atomic E-state index is 8.61. The molecule has 0 aromatic heterocycles. The van der Waals surface area contributed by atoms with Crippen molar-refractivity contribution in [3.63, 3.8) is 0 Å². The molecule has 0 saturated heterocycles. The van der Waals surface area contributed by atoms with Gasteiger partial charge in [0.05, 0.1) is 12.5 Å². The molecule has 17 heavy (non-hydrogen) atoms. The van der Waals surface area contributed by atoms with E-state index in [2.05, 4.69) is 56.9 Å². The van der Waals surface area contributed by atoms with E-state index in [1.165, 1.54) is 16.8 Å². The van der Waals surface area contributed by atoms with Crippen molar-refractivity contribution in [1.82, 2.24) is 0 Å². The Bertz CT molecular complexity index is 422. The average molecular weight is 230 g/mol. The highest BCUT2D eigenvalue weighted by Gasteiger charge is 2.15. The Labute approximate surface area is 105 Å². The van der Waals surface area contributed by atoms with Crippen LogP contribution >= 0.6 is 0 Å². The first-order chi connectivity index (χ1) is 7.86. The van der Waals surface area contributed by atoms with Gasteiger partial charge in [-0.05, 0) is 29.5 Å². The molecule has 0 aliphatic rings. The fraction of sp³-hybridized carbons (Fsp3) is 0.533. The molecule has 0 aliphatic carbocycles. The SMILES string of the molecule is Cc1cc(C(C)(C)C)ccc1N(C)CCC#N. The van der Waals surface area contributed by atoms with Crippen LogP contribution in [0, 0.1) is 18.3 Å². The minimum atomic E-state index is 0.189. The van der Waals surface area contributed by atoms with Crippen molar-refractivity contribution in [2.75, 3.05) is 18.5 Å². The Morgan fingerprint density at radius 3 is 2.41 bits per heavy atom. The molecule has 2 heteroatoms. The van der Waals surface area contributed by atoms with Crippen LogP contribution in [0.15, 0.2) is 18.2 Å². The van der Waals surface area contributed by atoms with Crippen LogP contribution in [0.3, 0.4) is 0 Å². The Morgan fingerprint density at radius 1 is 1.29 bits per heavy atom. The normalized spacial score (nSPS) is 11.1. The molecule has 2 nitrogen and oxygen atoms in total. The van der Waals surface area contributed by atoms with Gasteiger partial charge in [-0.2, -0.15) is 5.26 Å². The molecular weight excluding hydrogens is 208 g/mol. The quantitative estimate of drug-likeness (QED) is 0.792. The zero-order chi connectivity index (χ0) is 13.1. The summed E-state index contributed by atoms with van der Waals surface area (Å²) in [5.74, 6) is 0. The summed E-state index contributed by atoms with van der Waals surface area (Å²) in [4.78, 5) is 2.14. The van der Waals surface area contributed by atoms with Gasteiger partial charge in [-0.3, -0.25) is 0 Å². The summed E-state index contributed by atoms with van der Waals surface area (Å²) in [5.41, 5.74) is 4.03. The zero-order valence-electron chi connectivity index (χ0n) is 11.5. The standard InChI is InChI=1S/C15H22N2/c1-12-11-13(15(2,3)4)7-8-14(12)17(5)10-6-9-16/h7-8,11H,6,10H2,1-5H3. The molecule has 0 spiro atoms. The number of benzene rings is 1. The Hall–Kier alpha value is -1.49. The van der Waals surface area contributed by atoms with Crippen LogP contribution in [0.4, 0.5) is 5.69 Å². The van der Waals surface area contributed by atoms with Crippen LogP contribution in [-0.4, -0.2) is 13.6 Å². The molecule has 0 bridgehead atoms. The molecule has 0 radical (unpaired) electrons. The predicted octanol–water partition coefficient (Wildman–Crippen LogP) is 3.64. The fourth-order valence-electron chi connectivity index (χ4n) is 1.89. The third-order valence-electron chi connectivity index (χ3n) is 3.03. The summed E-state index contributed by atoms with van der Waals surface area (Å²) in [6, 6.07) is 8.78. The third-order valence-corrected chi connectivity index (χ3v) is 3.03. The van der Waals surface area contributed by atoms with Crippen LogP contribution in [0.5, 0.6) is 0 Å². The molecule has 1 rings (SSSR count). The maximum absolute atomic E-state index is 8.61. The second kappa shape index (κ2) is 5.23. The Morgan fingerprint density at radius 2 is 1.94 bits per heavy atom. The van der Waals surface area contributed by atoms with Gasteiger partial charge >= 0.3 is 0 Å². The minimum absolute atomic E-state index is 0.189. The van der Waals surface area contributed by atoms with Gasteiger partial charge in [0.25, 0.3) is 0 Å².